The number of amides is 1. The van der Waals surface area contributed by atoms with Crippen molar-refractivity contribution in [3.8, 4) is 0 Å². The molecule has 0 aromatic heterocycles. The van der Waals surface area contributed by atoms with Gasteiger partial charge < -0.3 is 20.0 Å². The number of nitrogens with one attached hydrogen (secondary N) is 1. The lowest BCUT2D eigenvalue weighted by molar-refractivity contribution is -0.384. The van der Waals surface area contributed by atoms with Gasteiger partial charge in [-0.2, -0.15) is 0 Å². The number of carbonyl (C=O) groups excluding carboxylic acids is 1. The molecular formula is C23H30ClN5O3. The third-order valence-corrected chi connectivity index (χ3v) is 6.12. The Morgan fingerprint density at radius 2 is 1.56 bits per heavy atom. The van der Waals surface area contributed by atoms with Gasteiger partial charge in [0, 0.05) is 62.3 Å². The third kappa shape index (κ3) is 5.49. The van der Waals surface area contributed by atoms with Gasteiger partial charge in [0.15, 0.2) is 0 Å². The zero-order valence-electron chi connectivity index (χ0n) is 18.3. The van der Waals surface area contributed by atoms with Gasteiger partial charge >= 0.3 is 0 Å². The van der Waals surface area contributed by atoms with Crippen LogP contribution in [-0.4, -0.2) is 62.0 Å². The Labute approximate surface area is 194 Å². The van der Waals surface area contributed by atoms with Gasteiger partial charge in [-0.3, -0.25) is 14.9 Å². The van der Waals surface area contributed by atoms with Crippen LogP contribution in [-0.2, 0) is 0 Å². The number of piperidine rings is 1. The molecule has 2 saturated heterocycles. The quantitative estimate of drug-likeness (QED) is 0.537. The first-order valence-electron chi connectivity index (χ1n) is 10.9. The summed E-state index contributed by atoms with van der Waals surface area (Å²) in [4.78, 5) is 30.7. The monoisotopic (exact) mass is 459 g/mol. The van der Waals surface area contributed by atoms with Gasteiger partial charge in [-0.05, 0) is 62.7 Å². The van der Waals surface area contributed by atoms with E-state index in [1.807, 2.05) is 29.2 Å². The molecule has 0 saturated carbocycles. The van der Waals surface area contributed by atoms with Crippen molar-refractivity contribution in [1.29, 1.82) is 0 Å². The summed E-state index contributed by atoms with van der Waals surface area (Å²) in [5, 5.41) is 14.5. The van der Waals surface area contributed by atoms with Crippen LogP contribution in [0.25, 0.3) is 0 Å². The first-order valence-corrected chi connectivity index (χ1v) is 10.9. The fourth-order valence-corrected chi connectivity index (χ4v) is 4.24. The molecule has 0 atom stereocenters. The molecule has 0 bridgehead atoms. The summed E-state index contributed by atoms with van der Waals surface area (Å²) in [6, 6.07) is 12.5. The fourth-order valence-electron chi connectivity index (χ4n) is 4.24. The number of nitro groups is 1. The molecule has 0 unspecified atom stereocenters. The fraction of sp³-hybridized carbons (Fsp3) is 0.435. The average Bonchev–Trinajstić information content (AvgIpc) is 2.80. The molecule has 2 fully saturated rings. The van der Waals surface area contributed by atoms with Gasteiger partial charge in [0.25, 0.3) is 11.6 Å². The number of carbonyl (C=O) groups is 1. The Kier molecular flexibility index (Phi) is 7.93. The molecule has 0 radical (unpaired) electrons. The number of benzene rings is 2. The van der Waals surface area contributed by atoms with Gasteiger partial charge in [-0.15, -0.1) is 12.4 Å². The minimum Gasteiger partial charge on any atom is -0.369 e. The second-order valence-corrected chi connectivity index (χ2v) is 8.30. The first kappa shape index (κ1) is 23.8. The van der Waals surface area contributed by atoms with Crippen molar-refractivity contribution in [2.75, 3.05) is 61.4 Å². The Morgan fingerprint density at radius 3 is 2.19 bits per heavy atom. The SMILES string of the molecule is CN1CCN(c2ccc(NC(=O)c3ccc(N4CCCCC4)c([N+](=O)[O-])c3)cc2)CC1.Cl. The zero-order chi connectivity index (χ0) is 21.8. The molecule has 1 amide bonds. The van der Waals surface area contributed by atoms with E-state index in [0.29, 0.717) is 11.4 Å². The third-order valence-electron chi connectivity index (χ3n) is 6.12. The number of nitrogens with zero attached hydrogens (tertiary/aromatic N) is 4. The molecule has 0 spiro atoms. The molecule has 2 aliphatic heterocycles. The Balaban J connectivity index is 0.00000289. The lowest BCUT2D eigenvalue weighted by Crippen LogP contribution is -2.44. The van der Waals surface area contributed by atoms with E-state index in [4.69, 9.17) is 0 Å². The predicted octanol–water partition coefficient (Wildman–Crippen LogP) is 4.01. The van der Waals surface area contributed by atoms with Crippen molar-refractivity contribution >= 4 is 41.1 Å². The van der Waals surface area contributed by atoms with Crippen molar-refractivity contribution in [2.24, 2.45) is 0 Å². The zero-order valence-corrected chi connectivity index (χ0v) is 19.1. The highest BCUT2D eigenvalue weighted by Gasteiger charge is 2.23. The maximum Gasteiger partial charge on any atom is 0.293 e. The van der Waals surface area contributed by atoms with Gasteiger partial charge in [0.2, 0.25) is 0 Å². The largest absolute Gasteiger partial charge is 0.369 e. The Hall–Kier alpha value is -2.84. The van der Waals surface area contributed by atoms with Crippen LogP contribution in [0.2, 0.25) is 0 Å². The summed E-state index contributed by atoms with van der Waals surface area (Å²) < 4.78 is 0. The van der Waals surface area contributed by atoms with Crippen molar-refractivity contribution in [1.82, 2.24) is 4.90 Å². The number of hydrogen-bond donors (Lipinski definition) is 1. The maximum atomic E-state index is 12.7. The minimum absolute atomic E-state index is 0. The van der Waals surface area contributed by atoms with E-state index in [2.05, 4.69) is 22.2 Å². The molecule has 4 rings (SSSR count). The van der Waals surface area contributed by atoms with Crippen molar-refractivity contribution < 1.29 is 9.72 Å². The number of halogens is 1. The number of nitro benzene ring substituents is 1. The molecule has 2 aromatic carbocycles. The summed E-state index contributed by atoms with van der Waals surface area (Å²) >= 11 is 0. The van der Waals surface area contributed by atoms with Crippen molar-refractivity contribution in [2.45, 2.75) is 19.3 Å². The van der Waals surface area contributed by atoms with Gasteiger partial charge in [-0.1, -0.05) is 0 Å². The second kappa shape index (κ2) is 10.7. The van der Waals surface area contributed by atoms with Crippen LogP contribution in [0.1, 0.15) is 29.6 Å². The molecule has 2 heterocycles. The lowest BCUT2D eigenvalue weighted by Gasteiger charge is -2.34. The van der Waals surface area contributed by atoms with Crippen LogP contribution in [0.3, 0.4) is 0 Å². The number of piperazine rings is 1. The smallest absolute Gasteiger partial charge is 0.293 e. The lowest BCUT2D eigenvalue weighted by atomic mass is 10.1. The molecule has 172 valence electrons. The van der Waals surface area contributed by atoms with E-state index in [1.54, 1.807) is 12.1 Å². The number of anilines is 3. The summed E-state index contributed by atoms with van der Waals surface area (Å²) in [6.07, 6.45) is 3.21. The molecule has 1 N–H and O–H groups in total. The molecule has 9 heteroatoms. The van der Waals surface area contributed by atoms with Gasteiger partial charge in [0.1, 0.15) is 5.69 Å². The number of hydrogen-bond acceptors (Lipinski definition) is 6. The predicted molar refractivity (Wildman–Crippen MR) is 131 cm³/mol. The van der Waals surface area contributed by atoms with E-state index in [1.165, 1.54) is 6.07 Å². The van der Waals surface area contributed by atoms with Gasteiger partial charge in [-0.25, -0.2) is 0 Å². The summed E-state index contributed by atoms with van der Waals surface area (Å²) in [7, 11) is 2.12. The minimum atomic E-state index is -0.397. The highest BCUT2D eigenvalue weighted by Crippen LogP contribution is 2.31. The first-order chi connectivity index (χ1) is 15.0. The van der Waals surface area contributed by atoms with E-state index >= 15 is 0 Å². The van der Waals surface area contributed by atoms with Crippen molar-refractivity contribution in [3.05, 3.63) is 58.1 Å². The average molecular weight is 460 g/mol. The van der Waals surface area contributed by atoms with Crippen LogP contribution in [0.4, 0.5) is 22.7 Å². The molecule has 8 nitrogen and oxygen atoms in total. The standard InChI is InChI=1S/C23H29N5O3.ClH/c1-25-13-15-26(16-14-25)20-8-6-19(7-9-20)24-23(29)18-5-10-21(22(17-18)28(30)31)27-11-3-2-4-12-27;/h5-10,17H,2-4,11-16H2,1H3,(H,24,29);1H. The van der Waals surface area contributed by atoms with E-state index in [-0.39, 0.29) is 29.6 Å². The van der Waals surface area contributed by atoms with Crippen LogP contribution in [0.15, 0.2) is 42.5 Å². The second-order valence-electron chi connectivity index (χ2n) is 8.30. The van der Waals surface area contributed by atoms with Crippen LogP contribution < -0.4 is 15.1 Å². The highest BCUT2D eigenvalue weighted by molar-refractivity contribution is 6.05. The topological polar surface area (TPSA) is 82.0 Å². The maximum absolute atomic E-state index is 12.7. The van der Waals surface area contributed by atoms with Crippen molar-refractivity contribution in [3.63, 3.8) is 0 Å². The Bertz CT molecular complexity index is 939. The van der Waals surface area contributed by atoms with Gasteiger partial charge in [0.05, 0.1) is 4.92 Å². The summed E-state index contributed by atoms with van der Waals surface area (Å²) in [5.41, 5.74) is 2.67. The Morgan fingerprint density at radius 1 is 0.906 bits per heavy atom. The number of likely N-dealkylation sites (N-methyl/N-ethyl adjacent to an activating group) is 1. The molecule has 2 aromatic rings. The summed E-state index contributed by atoms with van der Waals surface area (Å²) in [5.74, 6) is -0.347. The molecule has 0 aliphatic carbocycles. The normalized spacial score (nSPS) is 16.9. The van der Waals surface area contributed by atoms with E-state index in [0.717, 1.165) is 64.2 Å². The van der Waals surface area contributed by atoms with Crippen LogP contribution in [0.5, 0.6) is 0 Å². The molecular weight excluding hydrogens is 430 g/mol. The number of rotatable bonds is 5. The summed E-state index contributed by atoms with van der Waals surface area (Å²) in [6.45, 7) is 5.65. The molecule has 32 heavy (non-hydrogen) atoms. The van der Waals surface area contributed by atoms with Crippen LogP contribution >= 0.6 is 12.4 Å². The molecule has 2 aliphatic rings. The van der Waals surface area contributed by atoms with E-state index < -0.39 is 4.92 Å². The van der Waals surface area contributed by atoms with E-state index in [9.17, 15) is 14.9 Å². The highest BCUT2D eigenvalue weighted by atomic mass is 35.5. The van der Waals surface area contributed by atoms with Crippen LogP contribution in [0, 0.1) is 10.1 Å².